The molecule has 1 amide bonds. The van der Waals surface area contributed by atoms with Gasteiger partial charge >= 0.3 is 0 Å². The zero-order valence-electron chi connectivity index (χ0n) is 9.96. The summed E-state index contributed by atoms with van der Waals surface area (Å²) in [6.45, 7) is 4.67. The second-order valence-corrected chi connectivity index (χ2v) is 4.78. The molecule has 4 nitrogen and oxygen atoms in total. The van der Waals surface area contributed by atoms with Crippen LogP contribution in [0, 0.1) is 5.92 Å². The fraction of sp³-hybridized carbons (Fsp3) is 0.750. The molecule has 1 fully saturated rings. The fourth-order valence-corrected chi connectivity index (χ4v) is 2.32. The summed E-state index contributed by atoms with van der Waals surface area (Å²) in [6, 6.07) is 0. The number of carbonyl (C=O) groups is 1. The van der Waals surface area contributed by atoms with E-state index in [9.17, 15) is 4.79 Å². The highest BCUT2D eigenvalue weighted by Gasteiger charge is 2.25. The minimum atomic E-state index is 0.201. The highest BCUT2D eigenvalue weighted by atomic mass is 16.1. The van der Waals surface area contributed by atoms with E-state index in [4.69, 9.17) is 0 Å². The van der Waals surface area contributed by atoms with Crippen LogP contribution in [0.15, 0.2) is 11.6 Å². The number of rotatable bonds is 3. The molecule has 0 bridgehead atoms. The van der Waals surface area contributed by atoms with Crippen LogP contribution in [0.1, 0.15) is 12.8 Å². The third-order valence-corrected chi connectivity index (χ3v) is 3.41. The molecule has 1 unspecified atom stereocenters. The number of hydrogen-bond acceptors (Lipinski definition) is 3. The van der Waals surface area contributed by atoms with Crippen molar-refractivity contribution in [2.24, 2.45) is 5.92 Å². The minimum absolute atomic E-state index is 0.201. The Kier molecular flexibility index (Phi) is 3.96. The molecule has 0 aromatic carbocycles. The van der Waals surface area contributed by atoms with Crippen molar-refractivity contribution in [2.75, 3.05) is 39.8 Å². The average molecular weight is 223 g/mol. The molecule has 0 aromatic heterocycles. The first-order valence-corrected chi connectivity index (χ1v) is 6.10. The molecule has 2 rings (SSSR count). The minimum Gasteiger partial charge on any atom is -0.352 e. The second kappa shape index (κ2) is 5.46. The zero-order chi connectivity index (χ0) is 11.4. The lowest BCUT2D eigenvalue weighted by atomic mass is 10.1. The Morgan fingerprint density at radius 1 is 1.69 bits per heavy atom. The Bertz CT molecular complexity index is 288. The maximum atomic E-state index is 11.9. The topological polar surface area (TPSA) is 44.4 Å². The molecule has 2 heterocycles. The van der Waals surface area contributed by atoms with Crippen molar-refractivity contribution in [1.82, 2.24) is 15.5 Å². The van der Waals surface area contributed by atoms with Crippen molar-refractivity contribution >= 4 is 5.91 Å². The number of nitrogens with zero attached hydrogens (tertiary/aromatic N) is 1. The Labute approximate surface area is 97.1 Å². The molecule has 16 heavy (non-hydrogen) atoms. The average Bonchev–Trinajstić information content (AvgIpc) is 2.74. The molecule has 0 saturated carbocycles. The van der Waals surface area contributed by atoms with Crippen LogP contribution in [0.2, 0.25) is 0 Å². The lowest BCUT2D eigenvalue weighted by Crippen LogP contribution is -2.34. The monoisotopic (exact) mass is 223 g/mol. The zero-order valence-corrected chi connectivity index (χ0v) is 9.96. The molecule has 90 valence electrons. The second-order valence-electron chi connectivity index (χ2n) is 4.78. The van der Waals surface area contributed by atoms with Crippen LogP contribution in [0.5, 0.6) is 0 Å². The SMILES string of the molecule is CN1CCC(C(=O)NCC2=CCNCC2)C1. The first-order valence-electron chi connectivity index (χ1n) is 6.10. The summed E-state index contributed by atoms with van der Waals surface area (Å²) >= 11 is 0. The van der Waals surface area contributed by atoms with E-state index in [2.05, 4.69) is 28.7 Å². The van der Waals surface area contributed by atoms with Gasteiger partial charge in [-0.2, -0.15) is 0 Å². The van der Waals surface area contributed by atoms with Gasteiger partial charge in [-0.15, -0.1) is 0 Å². The van der Waals surface area contributed by atoms with E-state index in [0.29, 0.717) is 0 Å². The summed E-state index contributed by atoms with van der Waals surface area (Å²) in [5.41, 5.74) is 1.36. The van der Waals surface area contributed by atoms with Crippen LogP contribution in [0.3, 0.4) is 0 Å². The molecule has 0 aliphatic carbocycles. The summed E-state index contributed by atoms with van der Waals surface area (Å²) < 4.78 is 0. The lowest BCUT2D eigenvalue weighted by Gasteiger charge is -2.16. The van der Waals surface area contributed by atoms with Crippen molar-refractivity contribution in [3.05, 3.63) is 11.6 Å². The molecule has 1 atom stereocenters. The normalized spacial score (nSPS) is 26.6. The third-order valence-electron chi connectivity index (χ3n) is 3.41. The predicted octanol–water partition coefficient (Wildman–Crippen LogP) is -0.0260. The van der Waals surface area contributed by atoms with Crippen molar-refractivity contribution in [3.8, 4) is 0 Å². The van der Waals surface area contributed by atoms with Crippen LogP contribution in [0.4, 0.5) is 0 Å². The van der Waals surface area contributed by atoms with E-state index < -0.39 is 0 Å². The van der Waals surface area contributed by atoms with Crippen molar-refractivity contribution in [1.29, 1.82) is 0 Å². The first kappa shape index (κ1) is 11.6. The van der Waals surface area contributed by atoms with Gasteiger partial charge in [0.1, 0.15) is 0 Å². The van der Waals surface area contributed by atoms with E-state index in [-0.39, 0.29) is 11.8 Å². The Morgan fingerprint density at radius 2 is 2.56 bits per heavy atom. The number of amides is 1. The van der Waals surface area contributed by atoms with Gasteiger partial charge in [-0.05, 0) is 33.0 Å². The fourth-order valence-electron chi connectivity index (χ4n) is 2.32. The smallest absolute Gasteiger partial charge is 0.224 e. The van der Waals surface area contributed by atoms with Gasteiger partial charge < -0.3 is 15.5 Å². The van der Waals surface area contributed by atoms with Gasteiger partial charge in [0.05, 0.1) is 5.92 Å². The lowest BCUT2D eigenvalue weighted by molar-refractivity contribution is -0.124. The van der Waals surface area contributed by atoms with E-state index >= 15 is 0 Å². The highest BCUT2D eigenvalue weighted by molar-refractivity contribution is 5.79. The largest absolute Gasteiger partial charge is 0.352 e. The number of likely N-dealkylation sites (tertiary alicyclic amines) is 1. The molecule has 0 radical (unpaired) electrons. The third kappa shape index (κ3) is 3.06. The molecule has 4 heteroatoms. The number of nitrogens with one attached hydrogen (secondary N) is 2. The van der Waals surface area contributed by atoms with E-state index in [0.717, 1.165) is 45.6 Å². The summed E-state index contributed by atoms with van der Waals surface area (Å²) in [5.74, 6) is 0.427. The Morgan fingerprint density at radius 3 is 3.19 bits per heavy atom. The quantitative estimate of drug-likeness (QED) is 0.661. The molecular formula is C12H21N3O. The summed E-state index contributed by atoms with van der Waals surface area (Å²) in [6.07, 6.45) is 4.25. The molecular weight excluding hydrogens is 202 g/mol. The Hall–Kier alpha value is -0.870. The summed E-state index contributed by atoms with van der Waals surface area (Å²) in [5, 5.41) is 6.32. The van der Waals surface area contributed by atoms with E-state index in [1.807, 2.05) is 0 Å². The molecule has 1 saturated heterocycles. The van der Waals surface area contributed by atoms with Crippen LogP contribution in [0.25, 0.3) is 0 Å². The number of hydrogen-bond donors (Lipinski definition) is 2. The van der Waals surface area contributed by atoms with E-state index in [1.165, 1.54) is 5.57 Å². The predicted molar refractivity (Wildman–Crippen MR) is 64.2 cm³/mol. The first-order chi connectivity index (χ1) is 7.75. The Balaban J connectivity index is 1.73. The van der Waals surface area contributed by atoms with Crippen LogP contribution in [-0.4, -0.2) is 50.6 Å². The van der Waals surface area contributed by atoms with E-state index in [1.54, 1.807) is 0 Å². The van der Waals surface area contributed by atoms with Gasteiger partial charge in [0.2, 0.25) is 5.91 Å². The van der Waals surface area contributed by atoms with Crippen molar-refractivity contribution in [2.45, 2.75) is 12.8 Å². The maximum Gasteiger partial charge on any atom is 0.224 e. The van der Waals surface area contributed by atoms with Crippen LogP contribution in [-0.2, 0) is 4.79 Å². The van der Waals surface area contributed by atoms with Gasteiger partial charge in [0.15, 0.2) is 0 Å². The standard InChI is InChI=1S/C12H21N3O/c1-15-7-4-11(9-15)12(16)14-8-10-2-5-13-6-3-10/h2,11,13H,3-9H2,1H3,(H,14,16). The number of carbonyl (C=O) groups excluding carboxylic acids is 1. The van der Waals surface area contributed by atoms with Gasteiger partial charge in [-0.1, -0.05) is 11.6 Å². The maximum absolute atomic E-state index is 11.9. The van der Waals surface area contributed by atoms with Gasteiger partial charge in [-0.3, -0.25) is 4.79 Å². The van der Waals surface area contributed by atoms with Crippen molar-refractivity contribution in [3.63, 3.8) is 0 Å². The summed E-state index contributed by atoms with van der Waals surface area (Å²) in [4.78, 5) is 14.1. The van der Waals surface area contributed by atoms with Crippen molar-refractivity contribution < 1.29 is 4.79 Å². The van der Waals surface area contributed by atoms with Gasteiger partial charge in [0.25, 0.3) is 0 Å². The molecule has 2 aliphatic rings. The van der Waals surface area contributed by atoms with Crippen LogP contribution >= 0.6 is 0 Å². The van der Waals surface area contributed by atoms with Gasteiger partial charge in [0, 0.05) is 19.6 Å². The summed E-state index contributed by atoms with van der Waals surface area (Å²) in [7, 11) is 2.07. The highest BCUT2D eigenvalue weighted by Crippen LogP contribution is 2.14. The molecule has 2 N–H and O–H groups in total. The van der Waals surface area contributed by atoms with Gasteiger partial charge in [-0.25, -0.2) is 0 Å². The molecule has 2 aliphatic heterocycles. The molecule has 0 spiro atoms. The van der Waals surface area contributed by atoms with Crippen LogP contribution < -0.4 is 10.6 Å². The molecule has 0 aromatic rings.